The van der Waals surface area contributed by atoms with Crippen molar-refractivity contribution in [3.63, 3.8) is 0 Å². The number of amides is 1. The number of rotatable bonds is 8. The Morgan fingerprint density at radius 3 is 2.81 bits per heavy atom. The molecular formula is C20H22Cl2N6O3. The largest absolute Gasteiger partial charge is 0.475 e. The molecule has 2 aromatic rings. The first-order chi connectivity index (χ1) is 15.0. The topological polar surface area (TPSA) is 102 Å². The Balaban J connectivity index is 1.46. The second kappa shape index (κ2) is 9.59. The molecule has 1 amide bonds. The van der Waals surface area contributed by atoms with Crippen LogP contribution in [-0.4, -0.2) is 48.0 Å². The number of hydrogen-bond acceptors (Lipinski definition) is 7. The van der Waals surface area contributed by atoms with Gasteiger partial charge in [0.1, 0.15) is 6.10 Å². The first kappa shape index (κ1) is 21.5. The van der Waals surface area contributed by atoms with Crippen LogP contribution in [0.25, 0.3) is 0 Å². The minimum Gasteiger partial charge on any atom is -0.475 e. The third-order valence-electron chi connectivity index (χ3n) is 4.61. The van der Waals surface area contributed by atoms with Crippen molar-refractivity contribution < 1.29 is 14.3 Å². The molecule has 11 heteroatoms. The van der Waals surface area contributed by atoms with Gasteiger partial charge in [-0.1, -0.05) is 29.3 Å². The molecule has 1 fully saturated rings. The Kier molecular flexibility index (Phi) is 6.64. The van der Waals surface area contributed by atoms with E-state index in [4.69, 9.17) is 32.7 Å². The highest BCUT2D eigenvalue weighted by molar-refractivity contribution is 6.40. The van der Waals surface area contributed by atoms with Gasteiger partial charge in [-0.15, -0.1) is 0 Å². The summed E-state index contributed by atoms with van der Waals surface area (Å²) in [6.45, 7) is 1.34. The standard InChI is InChI=1S/C20H22Cl2N6O3/c1-30-8-7-28-11-12(9-24-28)25-20-23-10-14(19(27-20)31-13-5-6-13)18(29)26-17-15(21)3-2-4-16(17)22/h2-4,9,11,13H,5-8,10H2,1H3,(H,26,29)(H2,23,25,27). The van der Waals surface area contributed by atoms with Crippen molar-refractivity contribution in [3.8, 4) is 0 Å². The van der Waals surface area contributed by atoms with Gasteiger partial charge in [0.05, 0.1) is 52.9 Å². The van der Waals surface area contributed by atoms with Crippen LogP contribution in [0.2, 0.25) is 10.0 Å². The van der Waals surface area contributed by atoms with Gasteiger partial charge in [-0.2, -0.15) is 5.10 Å². The van der Waals surface area contributed by atoms with Crippen LogP contribution in [0.1, 0.15) is 12.8 Å². The molecule has 0 atom stereocenters. The van der Waals surface area contributed by atoms with E-state index in [2.05, 4.69) is 26.0 Å². The number of carbonyl (C=O) groups excluding carboxylic acids is 1. The summed E-state index contributed by atoms with van der Waals surface area (Å²) in [5.74, 6) is 0.454. The van der Waals surface area contributed by atoms with Crippen LogP contribution in [0, 0.1) is 0 Å². The third-order valence-corrected chi connectivity index (χ3v) is 5.24. The van der Waals surface area contributed by atoms with Crippen molar-refractivity contribution >= 4 is 46.4 Å². The highest BCUT2D eigenvalue weighted by atomic mass is 35.5. The number of nitrogens with zero attached hydrogens (tertiary/aromatic N) is 3. The van der Waals surface area contributed by atoms with Crippen LogP contribution in [-0.2, 0) is 20.8 Å². The fourth-order valence-electron chi connectivity index (χ4n) is 2.83. The van der Waals surface area contributed by atoms with Gasteiger partial charge in [-0.3, -0.25) is 14.8 Å². The first-order valence-electron chi connectivity index (χ1n) is 9.78. The third kappa shape index (κ3) is 5.49. The lowest BCUT2D eigenvalue weighted by Crippen LogP contribution is -2.38. The summed E-state index contributed by atoms with van der Waals surface area (Å²) in [5, 5.41) is 14.0. The van der Waals surface area contributed by atoms with Crippen LogP contribution >= 0.6 is 23.2 Å². The highest BCUT2D eigenvalue weighted by Crippen LogP contribution is 2.31. The molecule has 3 N–H and O–H groups in total. The monoisotopic (exact) mass is 464 g/mol. The second-order valence-electron chi connectivity index (χ2n) is 7.08. The van der Waals surface area contributed by atoms with Gasteiger partial charge in [0, 0.05) is 13.3 Å². The minimum absolute atomic E-state index is 0.0883. The van der Waals surface area contributed by atoms with E-state index in [9.17, 15) is 4.79 Å². The Labute approximate surface area is 189 Å². The number of aromatic nitrogens is 2. The van der Waals surface area contributed by atoms with Gasteiger partial charge in [0.15, 0.2) is 0 Å². The zero-order valence-corrected chi connectivity index (χ0v) is 18.3. The summed E-state index contributed by atoms with van der Waals surface area (Å²) in [7, 11) is 1.64. The molecule has 2 aliphatic rings. The van der Waals surface area contributed by atoms with Gasteiger partial charge in [-0.25, -0.2) is 4.99 Å². The number of carbonyl (C=O) groups is 1. The lowest BCUT2D eigenvalue weighted by molar-refractivity contribution is -0.113. The van der Waals surface area contributed by atoms with Gasteiger partial charge >= 0.3 is 0 Å². The number of benzene rings is 1. The molecule has 0 bridgehead atoms. The molecule has 1 aromatic heterocycles. The zero-order valence-electron chi connectivity index (χ0n) is 16.8. The molecule has 31 heavy (non-hydrogen) atoms. The Morgan fingerprint density at radius 1 is 1.32 bits per heavy atom. The van der Waals surface area contributed by atoms with E-state index >= 15 is 0 Å². The average molecular weight is 465 g/mol. The van der Waals surface area contributed by atoms with Crippen LogP contribution in [0.15, 0.2) is 47.0 Å². The maximum atomic E-state index is 12.9. The quantitative estimate of drug-likeness (QED) is 0.554. The van der Waals surface area contributed by atoms with E-state index in [1.807, 2.05) is 6.20 Å². The predicted molar refractivity (Wildman–Crippen MR) is 119 cm³/mol. The zero-order chi connectivity index (χ0) is 21.8. The maximum absolute atomic E-state index is 12.9. The number of methoxy groups -OCH3 is 1. The summed E-state index contributed by atoms with van der Waals surface area (Å²) in [4.78, 5) is 17.4. The highest BCUT2D eigenvalue weighted by Gasteiger charge is 2.30. The van der Waals surface area contributed by atoms with Crippen LogP contribution in [0.5, 0.6) is 0 Å². The van der Waals surface area contributed by atoms with Crippen LogP contribution < -0.4 is 16.0 Å². The van der Waals surface area contributed by atoms with Crippen molar-refractivity contribution in [2.24, 2.45) is 4.99 Å². The van der Waals surface area contributed by atoms with Crippen molar-refractivity contribution in [3.05, 3.63) is 52.1 Å². The Hall–Kier alpha value is -2.75. The summed E-state index contributed by atoms with van der Waals surface area (Å²) >= 11 is 12.3. The molecular weight excluding hydrogens is 443 g/mol. The lowest BCUT2D eigenvalue weighted by Gasteiger charge is -2.22. The van der Waals surface area contributed by atoms with Crippen LogP contribution in [0.4, 0.5) is 11.4 Å². The van der Waals surface area contributed by atoms with E-state index in [0.717, 1.165) is 18.5 Å². The van der Waals surface area contributed by atoms with Gasteiger partial charge < -0.3 is 20.1 Å². The van der Waals surface area contributed by atoms with E-state index in [1.54, 1.807) is 36.2 Å². The number of anilines is 2. The van der Waals surface area contributed by atoms with Crippen molar-refractivity contribution in [1.29, 1.82) is 0 Å². The number of aliphatic imine (C=N–C) groups is 1. The fraction of sp³-hybridized carbons (Fsp3) is 0.350. The number of para-hydroxylation sites is 1. The van der Waals surface area contributed by atoms with Gasteiger partial charge in [0.2, 0.25) is 11.8 Å². The lowest BCUT2D eigenvalue weighted by atomic mass is 10.2. The number of guanidine groups is 1. The molecule has 2 heterocycles. The van der Waals surface area contributed by atoms with E-state index in [-0.39, 0.29) is 18.6 Å². The predicted octanol–water partition coefficient (Wildman–Crippen LogP) is 3.24. The summed E-state index contributed by atoms with van der Waals surface area (Å²) < 4.78 is 12.8. The molecule has 0 radical (unpaired) electrons. The number of hydrogen-bond donors (Lipinski definition) is 3. The molecule has 1 saturated carbocycles. The molecule has 1 aliphatic carbocycles. The first-order valence-corrected chi connectivity index (χ1v) is 10.5. The molecule has 4 rings (SSSR count). The smallest absolute Gasteiger partial charge is 0.258 e. The molecule has 1 aliphatic heterocycles. The molecule has 0 spiro atoms. The minimum atomic E-state index is -0.381. The summed E-state index contributed by atoms with van der Waals surface area (Å²) in [5.41, 5.74) is 1.47. The van der Waals surface area contributed by atoms with E-state index in [1.165, 1.54) is 0 Å². The molecule has 0 saturated heterocycles. The number of halogens is 2. The Bertz CT molecular complexity index is 1010. The average Bonchev–Trinajstić information content (AvgIpc) is 3.45. The Morgan fingerprint density at radius 2 is 2.10 bits per heavy atom. The van der Waals surface area contributed by atoms with Crippen molar-refractivity contribution in [2.75, 3.05) is 30.9 Å². The van der Waals surface area contributed by atoms with E-state index in [0.29, 0.717) is 46.3 Å². The van der Waals surface area contributed by atoms with Gasteiger partial charge in [-0.05, 0) is 25.0 Å². The van der Waals surface area contributed by atoms with Crippen molar-refractivity contribution in [1.82, 2.24) is 15.1 Å². The maximum Gasteiger partial charge on any atom is 0.258 e. The second-order valence-corrected chi connectivity index (χ2v) is 7.89. The summed E-state index contributed by atoms with van der Waals surface area (Å²) in [6, 6.07) is 5.03. The normalized spacial score (nSPS) is 15.9. The molecule has 9 nitrogen and oxygen atoms in total. The fourth-order valence-corrected chi connectivity index (χ4v) is 3.32. The van der Waals surface area contributed by atoms with E-state index < -0.39 is 0 Å². The number of ether oxygens (including phenoxy) is 2. The summed E-state index contributed by atoms with van der Waals surface area (Å²) in [6.07, 6.45) is 5.51. The molecule has 1 aromatic carbocycles. The number of nitrogens with one attached hydrogen (secondary N) is 3. The molecule has 0 unspecified atom stereocenters. The van der Waals surface area contributed by atoms with Crippen molar-refractivity contribution in [2.45, 2.75) is 25.5 Å². The van der Waals surface area contributed by atoms with Crippen LogP contribution in [0.3, 0.4) is 0 Å². The SMILES string of the molecule is COCCn1cc(NC2=NCC(C(=O)Nc3c(Cl)cccc3Cl)=C(OC3CC3)N2)cn1. The molecule has 164 valence electrons. The van der Waals surface area contributed by atoms with Gasteiger partial charge in [0.25, 0.3) is 5.91 Å².